The van der Waals surface area contributed by atoms with E-state index in [1.165, 1.54) is 6.42 Å². The highest BCUT2D eigenvalue weighted by Crippen LogP contribution is 2.21. The molecule has 3 N–H and O–H groups in total. The summed E-state index contributed by atoms with van der Waals surface area (Å²) in [6.07, 6.45) is 3.99. The van der Waals surface area contributed by atoms with Crippen molar-refractivity contribution in [2.24, 2.45) is 11.7 Å². The molecule has 1 unspecified atom stereocenters. The molecule has 5 nitrogen and oxygen atoms in total. The van der Waals surface area contributed by atoms with Gasteiger partial charge in [-0.05, 0) is 30.9 Å². The Morgan fingerprint density at radius 3 is 3.17 bits per heavy atom. The number of nitrogens with zero attached hydrogens (tertiary/aromatic N) is 2. The topological polar surface area (TPSA) is 75.2 Å². The molecule has 0 radical (unpaired) electrons. The summed E-state index contributed by atoms with van der Waals surface area (Å²) in [5.41, 5.74) is 7.02. The first kappa shape index (κ1) is 12.8. The molecule has 0 amide bonds. The Balaban J connectivity index is 2.08. The third-order valence-corrected chi connectivity index (χ3v) is 3.24. The second-order valence-corrected chi connectivity index (χ2v) is 4.75. The summed E-state index contributed by atoms with van der Waals surface area (Å²) in [4.78, 5) is 6.28. The molecule has 1 fully saturated rings. The van der Waals surface area contributed by atoms with Gasteiger partial charge in [0, 0.05) is 26.4 Å². The summed E-state index contributed by atoms with van der Waals surface area (Å²) in [5.74, 6) is 0.557. The Morgan fingerprint density at radius 2 is 2.50 bits per heavy atom. The molecule has 0 aliphatic carbocycles. The van der Waals surface area contributed by atoms with E-state index in [-0.39, 0.29) is 5.84 Å². The first-order valence-electron chi connectivity index (χ1n) is 6.26. The van der Waals surface area contributed by atoms with Gasteiger partial charge >= 0.3 is 0 Å². The minimum absolute atomic E-state index is 0.0114. The average Bonchev–Trinajstić information content (AvgIpc) is 2.40. The maximum Gasteiger partial charge on any atom is 0.143 e. The Morgan fingerprint density at radius 1 is 1.67 bits per heavy atom. The van der Waals surface area contributed by atoms with Crippen molar-refractivity contribution >= 4 is 11.5 Å². The molecule has 0 saturated carbocycles. The molecule has 2 heterocycles. The predicted molar refractivity (Wildman–Crippen MR) is 72.1 cm³/mol. The zero-order chi connectivity index (χ0) is 13.0. The van der Waals surface area contributed by atoms with Gasteiger partial charge in [0.2, 0.25) is 0 Å². The third-order valence-electron chi connectivity index (χ3n) is 3.24. The number of nitrogens with one attached hydrogen (secondary N) is 1. The highest BCUT2D eigenvalue weighted by Gasteiger charge is 2.18. The standard InChI is InChI=1S/C13H20N4O/c1-17(8-10-4-3-7-18-9-10)11-5-2-6-16-12(11)13(14)15/h2,5-6,10H,3-4,7-9H2,1H3,(H3,14,15). The highest BCUT2D eigenvalue weighted by atomic mass is 16.5. The lowest BCUT2D eigenvalue weighted by Gasteiger charge is -2.29. The van der Waals surface area contributed by atoms with Crippen LogP contribution < -0.4 is 10.6 Å². The number of hydrogen-bond acceptors (Lipinski definition) is 4. The maximum absolute atomic E-state index is 7.55. The Hall–Kier alpha value is -1.62. The fraction of sp³-hybridized carbons (Fsp3) is 0.538. The zero-order valence-electron chi connectivity index (χ0n) is 10.7. The van der Waals surface area contributed by atoms with E-state index in [1.54, 1.807) is 6.20 Å². The molecular weight excluding hydrogens is 228 g/mol. The van der Waals surface area contributed by atoms with Gasteiger partial charge in [-0.1, -0.05) is 0 Å². The van der Waals surface area contributed by atoms with Crippen molar-refractivity contribution in [3.63, 3.8) is 0 Å². The van der Waals surface area contributed by atoms with Gasteiger partial charge in [0.1, 0.15) is 11.5 Å². The van der Waals surface area contributed by atoms with Crippen LogP contribution in [0.1, 0.15) is 18.5 Å². The van der Waals surface area contributed by atoms with Gasteiger partial charge < -0.3 is 15.4 Å². The van der Waals surface area contributed by atoms with E-state index in [9.17, 15) is 0 Å². The maximum atomic E-state index is 7.55. The quantitative estimate of drug-likeness (QED) is 0.620. The van der Waals surface area contributed by atoms with Crippen LogP contribution in [0.5, 0.6) is 0 Å². The molecule has 1 aromatic heterocycles. The van der Waals surface area contributed by atoms with Crippen molar-refractivity contribution in [2.75, 3.05) is 31.7 Å². The SMILES string of the molecule is CN(CC1CCCOC1)c1cccnc1C(=N)N. The van der Waals surface area contributed by atoms with Crippen molar-refractivity contribution in [3.8, 4) is 0 Å². The van der Waals surface area contributed by atoms with Crippen LogP contribution in [-0.2, 0) is 4.74 Å². The van der Waals surface area contributed by atoms with E-state index in [4.69, 9.17) is 15.9 Å². The van der Waals surface area contributed by atoms with E-state index < -0.39 is 0 Å². The van der Waals surface area contributed by atoms with Crippen LogP contribution in [0.15, 0.2) is 18.3 Å². The molecule has 98 valence electrons. The van der Waals surface area contributed by atoms with Gasteiger partial charge in [0.25, 0.3) is 0 Å². The average molecular weight is 248 g/mol. The molecule has 18 heavy (non-hydrogen) atoms. The second-order valence-electron chi connectivity index (χ2n) is 4.75. The van der Waals surface area contributed by atoms with E-state index >= 15 is 0 Å². The normalized spacial score (nSPS) is 19.5. The third kappa shape index (κ3) is 2.98. The molecule has 1 atom stereocenters. The predicted octanol–water partition coefficient (Wildman–Crippen LogP) is 1.23. The van der Waals surface area contributed by atoms with Crippen molar-refractivity contribution < 1.29 is 4.74 Å². The van der Waals surface area contributed by atoms with Crippen LogP contribution in [0.4, 0.5) is 5.69 Å². The van der Waals surface area contributed by atoms with Gasteiger partial charge in [-0.2, -0.15) is 0 Å². The zero-order valence-corrected chi connectivity index (χ0v) is 10.7. The number of anilines is 1. The van der Waals surface area contributed by atoms with Crippen LogP contribution in [0.25, 0.3) is 0 Å². The van der Waals surface area contributed by atoms with Crippen molar-refractivity contribution in [3.05, 3.63) is 24.0 Å². The lowest BCUT2D eigenvalue weighted by atomic mass is 10.0. The van der Waals surface area contributed by atoms with Gasteiger partial charge in [-0.3, -0.25) is 10.4 Å². The monoisotopic (exact) mass is 248 g/mol. The van der Waals surface area contributed by atoms with E-state index in [0.29, 0.717) is 11.6 Å². The van der Waals surface area contributed by atoms with Gasteiger partial charge in [0.15, 0.2) is 0 Å². The number of amidine groups is 1. The van der Waals surface area contributed by atoms with E-state index in [2.05, 4.69) is 9.88 Å². The van der Waals surface area contributed by atoms with Crippen LogP contribution >= 0.6 is 0 Å². The molecule has 5 heteroatoms. The first-order valence-corrected chi connectivity index (χ1v) is 6.26. The molecule has 0 aromatic carbocycles. The van der Waals surface area contributed by atoms with Gasteiger partial charge in [0.05, 0.1) is 12.3 Å². The van der Waals surface area contributed by atoms with Crippen LogP contribution in [0.3, 0.4) is 0 Å². The Kier molecular flexibility index (Phi) is 4.15. The lowest BCUT2D eigenvalue weighted by molar-refractivity contribution is 0.0576. The van der Waals surface area contributed by atoms with Crippen LogP contribution in [0.2, 0.25) is 0 Å². The molecule has 1 saturated heterocycles. The number of hydrogen-bond donors (Lipinski definition) is 2. The summed E-state index contributed by atoms with van der Waals surface area (Å²) in [6.45, 7) is 2.61. The number of nitrogen functional groups attached to an aromatic ring is 1. The van der Waals surface area contributed by atoms with E-state index in [0.717, 1.165) is 31.9 Å². The fourth-order valence-corrected chi connectivity index (χ4v) is 2.35. The van der Waals surface area contributed by atoms with Crippen molar-refractivity contribution in [2.45, 2.75) is 12.8 Å². The second kappa shape index (κ2) is 5.82. The smallest absolute Gasteiger partial charge is 0.143 e. The largest absolute Gasteiger partial charge is 0.382 e. The molecule has 1 aliphatic rings. The van der Waals surface area contributed by atoms with Gasteiger partial charge in [-0.25, -0.2) is 0 Å². The Bertz CT molecular complexity index is 415. The molecule has 0 spiro atoms. The molecular formula is C13H20N4O. The molecule has 1 aromatic rings. The lowest BCUT2D eigenvalue weighted by Crippen LogP contribution is -2.32. The molecule has 1 aliphatic heterocycles. The minimum atomic E-state index is 0.0114. The van der Waals surface area contributed by atoms with Crippen LogP contribution in [-0.4, -0.2) is 37.6 Å². The number of ether oxygens (including phenoxy) is 1. The number of aromatic nitrogens is 1. The summed E-state index contributed by atoms with van der Waals surface area (Å²) in [6, 6.07) is 3.82. The van der Waals surface area contributed by atoms with Crippen molar-refractivity contribution in [1.29, 1.82) is 5.41 Å². The molecule has 2 rings (SSSR count). The number of nitrogens with two attached hydrogens (primary N) is 1. The first-order chi connectivity index (χ1) is 8.68. The van der Waals surface area contributed by atoms with Crippen LogP contribution in [0, 0.1) is 11.3 Å². The van der Waals surface area contributed by atoms with Gasteiger partial charge in [-0.15, -0.1) is 0 Å². The molecule has 0 bridgehead atoms. The van der Waals surface area contributed by atoms with Crippen molar-refractivity contribution in [1.82, 2.24) is 4.98 Å². The summed E-state index contributed by atoms with van der Waals surface area (Å²) in [7, 11) is 2.01. The summed E-state index contributed by atoms with van der Waals surface area (Å²) >= 11 is 0. The summed E-state index contributed by atoms with van der Waals surface area (Å²) in [5, 5.41) is 7.55. The minimum Gasteiger partial charge on any atom is -0.382 e. The fourth-order valence-electron chi connectivity index (χ4n) is 2.35. The number of rotatable bonds is 4. The number of pyridine rings is 1. The summed E-state index contributed by atoms with van der Waals surface area (Å²) < 4.78 is 5.49. The highest BCUT2D eigenvalue weighted by molar-refractivity contribution is 5.98. The van der Waals surface area contributed by atoms with E-state index in [1.807, 2.05) is 19.2 Å². The Labute approximate surface area is 107 Å².